The molecule has 0 aliphatic heterocycles. The Balaban J connectivity index is 2.06. The molecule has 4 nitrogen and oxygen atoms in total. The van der Waals surface area contributed by atoms with Crippen LogP contribution in [0, 0.1) is 6.92 Å². The Labute approximate surface area is 124 Å². The third kappa shape index (κ3) is 3.77. The number of hydrogen-bond acceptors (Lipinski definition) is 3. The Kier molecular flexibility index (Phi) is 4.50. The molecule has 0 heterocycles. The van der Waals surface area contributed by atoms with Gasteiger partial charge >= 0.3 is 0 Å². The molecule has 1 atom stereocenters. The maximum absolute atomic E-state index is 12.1. The lowest BCUT2D eigenvalue weighted by Gasteiger charge is -2.13. The zero-order chi connectivity index (χ0) is 15.4. The number of Topliss-reactive ketones (excluding diaryl/α,β-unsaturated/α-hetero) is 1. The number of nitrogens with two attached hydrogens (primary N) is 1. The largest absolute Gasteiger partial charge is 0.324 e. The normalized spacial score (nSPS) is 11.8. The summed E-state index contributed by atoms with van der Waals surface area (Å²) in [6.07, 6.45) is 0. The molecule has 3 N–H and O–H groups in total. The lowest BCUT2D eigenvalue weighted by molar-refractivity contribution is -0.117. The monoisotopic (exact) mass is 282 g/mol. The zero-order valence-electron chi connectivity index (χ0n) is 12.1. The number of anilines is 1. The van der Waals surface area contributed by atoms with Gasteiger partial charge in [0.2, 0.25) is 5.91 Å². The Hall–Kier alpha value is -2.46. The average Bonchev–Trinajstić information content (AvgIpc) is 2.47. The van der Waals surface area contributed by atoms with Gasteiger partial charge in [-0.3, -0.25) is 9.59 Å². The summed E-state index contributed by atoms with van der Waals surface area (Å²) in [6, 6.07) is 13.5. The number of ketones is 1. The lowest BCUT2D eigenvalue weighted by Crippen LogP contribution is -2.27. The van der Waals surface area contributed by atoms with Crippen molar-refractivity contribution in [1.82, 2.24) is 0 Å². The molecule has 0 fully saturated rings. The molecule has 4 heteroatoms. The highest BCUT2D eigenvalue weighted by Gasteiger charge is 2.15. The van der Waals surface area contributed by atoms with Gasteiger partial charge in [0.15, 0.2) is 5.78 Å². The quantitative estimate of drug-likeness (QED) is 0.847. The third-order valence-electron chi connectivity index (χ3n) is 3.28. The van der Waals surface area contributed by atoms with Gasteiger partial charge in [0.05, 0.1) is 0 Å². The van der Waals surface area contributed by atoms with Crippen LogP contribution < -0.4 is 11.1 Å². The summed E-state index contributed by atoms with van der Waals surface area (Å²) in [5, 5.41) is 2.75. The van der Waals surface area contributed by atoms with Crippen molar-refractivity contribution >= 4 is 17.4 Å². The van der Waals surface area contributed by atoms with Crippen LogP contribution in [0.1, 0.15) is 34.5 Å². The summed E-state index contributed by atoms with van der Waals surface area (Å²) in [5.41, 5.74) is 9.05. The molecule has 0 radical (unpaired) electrons. The van der Waals surface area contributed by atoms with Gasteiger partial charge < -0.3 is 11.1 Å². The van der Waals surface area contributed by atoms with Crippen LogP contribution in [0.25, 0.3) is 0 Å². The van der Waals surface area contributed by atoms with Gasteiger partial charge in [-0.2, -0.15) is 0 Å². The summed E-state index contributed by atoms with van der Waals surface area (Å²) in [6.45, 7) is 3.48. The fourth-order valence-corrected chi connectivity index (χ4v) is 1.93. The van der Waals surface area contributed by atoms with Crippen molar-refractivity contribution in [2.45, 2.75) is 19.9 Å². The fraction of sp³-hybridized carbons (Fsp3) is 0.176. The minimum atomic E-state index is -0.724. The summed E-state index contributed by atoms with van der Waals surface area (Å²) >= 11 is 0. The number of rotatable bonds is 4. The van der Waals surface area contributed by atoms with E-state index in [1.165, 1.54) is 6.92 Å². The molecule has 0 aromatic heterocycles. The van der Waals surface area contributed by atoms with Crippen molar-refractivity contribution in [3.63, 3.8) is 0 Å². The molecule has 0 spiro atoms. The van der Waals surface area contributed by atoms with Crippen molar-refractivity contribution in [3.8, 4) is 0 Å². The average molecular weight is 282 g/mol. The minimum Gasteiger partial charge on any atom is -0.324 e. The predicted octanol–water partition coefficient (Wildman–Crippen LogP) is 2.84. The number of hydrogen-bond donors (Lipinski definition) is 2. The van der Waals surface area contributed by atoms with Gasteiger partial charge in [-0.05, 0) is 43.7 Å². The molecule has 1 amide bonds. The van der Waals surface area contributed by atoms with Crippen LogP contribution in [-0.4, -0.2) is 11.7 Å². The molecule has 1 unspecified atom stereocenters. The van der Waals surface area contributed by atoms with E-state index in [1.54, 1.807) is 24.3 Å². The van der Waals surface area contributed by atoms with E-state index in [1.807, 2.05) is 31.2 Å². The number of amides is 1. The van der Waals surface area contributed by atoms with Crippen LogP contribution in [0.3, 0.4) is 0 Å². The zero-order valence-corrected chi connectivity index (χ0v) is 12.1. The fourth-order valence-electron chi connectivity index (χ4n) is 1.93. The summed E-state index contributed by atoms with van der Waals surface area (Å²) in [4.78, 5) is 23.3. The van der Waals surface area contributed by atoms with E-state index in [0.717, 1.165) is 11.1 Å². The molecular formula is C17H18N2O2. The van der Waals surface area contributed by atoms with E-state index >= 15 is 0 Å². The van der Waals surface area contributed by atoms with Crippen LogP contribution in [-0.2, 0) is 4.79 Å². The molecular weight excluding hydrogens is 264 g/mol. The van der Waals surface area contributed by atoms with Crippen LogP contribution in [0.15, 0.2) is 48.5 Å². The highest BCUT2D eigenvalue weighted by Crippen LogP contribution is 2.15. The first-order valence-corrected chi connectivity index (χ1v) is 6.71. The molecule has 21 heavy (non-hydrogen) atoms. The van der Waals surface area contributed by atoms with E-state index in [0.29, 0.717) is 11.3 Å². The van der Waals surface area contributed by atoms with Crippen molar-refractivity contribution < 1.29 is 9.59 Å². The van der Waals surface area contributed by atoms with E-state index in [-0.39, 0.29) is 11.7 Å². The molecule has 0 bridgehead atoms. The second-order valence-electron chi connectivity index (χ2n) is 5.01. The van der Waals surface area contributed by atoms with E-state index < -0.39 is 6.04 Å². The smallest absolute Gasteiger partial charge is 0.245 e. The Morgan fingerprint density at radius 1 is 1.00 bits per heavy atom. The van der Waals surface area contributed by atoms with Crippen LogP contribution in [0.4, 0.5) is 5.69 Å². The molecule has 0 saturated heterocycles. The van der Waals surface area contributed by atoms with Gasteiger partial charge in [0, 0.05) is 11.3 Å². The van der Waals surface area contributed by atoms with Gasteiger partial charge in [0.25, 0.3) is 0 Å². The van der Waals surface area contributed by atoms with Crippen molar-refractivity contribution in [2.75, 3.05) is 5.32 Å². The van der Waals surface area contributed by atoms with Crippen molar-refractivity contribution in [1.29, 1.82) is 0 Å². The SMILES string of the molecule is CC(=O)c1ccc(NC(=O)C(N)c2ccc(C)cc2)cc1. The van der Waals surface area contributed by atoms with Crippen LogP contribution >= 0.6 is 0 Å². The molecule has 108 valence electrons. The number of benzene rings is 2. The van der Waals surface area contributed by atoms with Gasteiger partial charge in [-0.15, -0.1) is 0 Å². The van der Waals surface area contributed by atoms with Gasteiger partial charge in [-0.1, -0.05) is 29.8 Å². The predicted molar refractivity (Wildman–Crippen MR) is 83.2 cm³/mol. The number of aryl methyl sites for hydroxylation is 1. The second-order valence-corrected chi connectivity index (χ2v) is 5.01. The van der Waals surface area contributed by atoms with Crippen LogP contribution in [0.2, 0.25) is 0 Å². The summed E-state index contributed by atoms with van der Waals surface area (Å²) < 4.78 is 0. The number of nitrogens with one attached hydrogen (secondary N) is 1. The maximum Gasteiger partial charge on any atom is 0.245 e. The van der Waals surface area contributed by atoms with Crippen LogP contribution in [0.5, 0.6) is 0 Å². The molecule has 2 aromatic rings. The molecule has 2 rings (SSSR count). The Morgan fingerprint density at radius 3 is 2.10 bits per heavy atom. The number of carbonyl (C=O) groups excluding carboxylic acids is 2. The van der Waals surface area contributed by atoms with Gasteiger partial charge in [-0.25, -0.2) is 0 Å². The van der Waals surface area contributed by atoms with Crippen molar-refractivity contribution in [2.24, 2.45) is 5.73 Å². The summed E-state index contributed by atoms with van der Waals surface area (Å²) in [7, 11) is 0. The maximum atomic E-state index is 12.1. The standard InChI is InChI=1S/C17H18N2O2/c1-11-3-5-14(6-4-11)16(18)17(21)19-15-9-7-13(8-10-15)12(2)20/h3-10,16H,18H2,1-2H3,(H,19,21). The highest BCUT2D eigenvalue weighted by atomic mass is 16.2. The lowest BCUT2D eigenvalue weighted by atomic mass is 10.1. The van der Waals surface area contributed by atoms with E-state index in [4.69, 9.17) is 5.73 Å². The Morgan fingerprint density at radius 2 is 1.57 bits per heavy atom. The van der Waals surface area contributed by atoms with Crippen molar-refractivity contribution in [3.05, 3.63) is 65.2 Å². The van der Waals surface area contributed by atoms with E-state index in [2.05, 4.69) is 5.32 Å². The first-order chi connectivity index (χ1) is 9.97. The Bertz CT molecular complexity index is 645. The minimum absolute atomic E-state index is 0.00997. The van der Waals surface area contributed by atoms with E-state index in [9.17, 15) is 9.59 Å². The summed E-state index contributed by atoms with van der Waals surface area (Å²) in [5.74, 6) is -0.293. The topological polar surface area (TPSA) is 72.2 Å². The molecule has 0 aliphatic carbocycles. The highest BCUT2D eigenvalue weighted by molar-refractivity contribution is 5.97. The third-order valence-corrected chi connectivity index (χ3v) is 3.28. The molecule has 0 aliphatic rings. The molecule has 2 aromatic carbocycles. The van der Waals surface area contributed by atoms with Gasteiger partial charge in [0.1, 0.15) is 6.04 Å². The molecule has 0 saturated carbocycles. The number of carbonyl (C=O) groups is 2. The first-order valence-electron chi connectivity index (χ1n) is 6.71. The first kappa shape index (κ1) is 14.9. The second kappa shape index (κ2) is 6.33.